The lowest BCUT2D eigenvalue weighted by Crippen LogP contribution is -2.35. The minimum atomic E-state index is -4.51. The molecule has 0 aliphatic carbocycles. The molecule has 1 unspecified atom stereocenters. The number of amides is 1. The van der Waals surface area contributed by atoms with Gasteiger partial charge in [0.2, 0.25) is 5.82 Å². The predicted molar refractivity (Wildman–Crippen MR) is 109 cm³/mol. The molecule has 0 bridgehead atoms. The van der Waals surface area contributed by atoms with E-state index >= 15 is 0 Å². The van der Waals surface area contributed by atoms with Gasteiger partial charge in [-0.05, 0) is 13.3 Å². The lowest BCUT2D eigenvalue weighted by molar-refractivity contribution is -0.123. The van der Waals surface area contributed by atoms with Gasteiger partial charge in [0.05, 0.1) is 0 Å². The highest BCUT2D eigenvalue weighted by atomic mass is 19.4. The molecule has 0 saturated carbocycles. The van der Waals surface area contributed by atoms with Gasteiger partial charge < -0.3 is 19.8 Å². The normalized spacial score (nSPS) is 16.4. The summed E-state index contributed by atoms with van der Waals surface area (Å²) in [6, 6.07) is 0.0170. The molecule has 1 atom stereocenters. The smallest absolute Gasteiger partial charge is 0.364 e. The number of aromatic nitrogens is 7. The molecule has 1 amide bonds. The van der Waals surface area contributed by atoms with Crippen LogP contribution in [0.5, 0.6) is 0 Å². The largest absolute Gasteiger partial charge is 0.405 e. The Balaban J connectivity index is 1.61. The third-order valence-corrected chi connectivity index (χ3v) is 5.33. The number of halogens is 3. The van der Waals surface area contributed by atoms with Crippen LogP contribution in [-0.2, 0) is 19.5 Å². The van der Waals surface area contributed by atoms with Gasteiger partial charge in [-0.2, -0.15) is 13.2 Å². The van der Waals surface area contributed by atoms with Gasteiger partial charge in [0.15, 0.2) is 17.0 Å². The lowest BCUT2D eigenvalue weighted by Gasteiger charge is -2.26. The number of rotatable bonds is 6. The Bertz CT molecular complexity index is 1140. The first kappa shape index (κ1) is 22.0. The van der Waals surface area contributed by atoms with Gasteiger partial charge in [-0.3, -0.25) is 4.79 Å². The number of nitrogens with zero attached hydrogens (tertiary/aromatic N) is 7. The van der Waals surface area contributed by atoms with Crippen LogP contribution >= 0.6 is 0 Å². The van der Waals surface area contributed by atoms with E-state index in [0.29, 0.717) is 30.1 Å². The second kappa shape index (κ2) is 8.36. The molecule has 13 heteroatoms. The zero-order chi connectivity index (χ0) is 23.0. The number of hydrogen-bond donors (Lipinski definition) is 2. The molecule has 3 aromatic rings. The Morgan fingerprint density at radius 1 is 1.28 bits per heavy atom. The van der Waals surface area contributed by atoms with Crippen molar-refractivity contribution in [1.82, 2.24) is 39.6 Å². The van der Waals surface area contributed by atoms with Crippen LogP contribution < -0.4 is 10.6 Å². The molecule has 2 N–H and O–H groups in total. The fourth-order valence-electron chi connectivity index (χ4n) is 3.86. The predicted octanol–water partition coefficient (Wildman–Crippen LogP) is 2.28. The van der Waals surface area contributed by atoms with E-state index in [9.17, 15) is 18.0 Å². The summed E-state index contributed by atoms with van der Waals surface area (Å²) in [4.78, 5) is 25.2. The van der Waals surface area contributed by atoms with Gasteiger partial charge in [-0.15, -0.1) is 10.2 Å². The number of nitrogens with one attached hydrogen (secondary N) is 2. The SMILES string of the molecule is CCn1c(C(=O)NCC(F)(F)F)nc2c(NC3CCc4nnc(C(C)C)n4C3)ncnc21. The van der Waals surface area contributed by atoms with E-state index in [1.54, 1.807) is 6.92 Å². The maximum Gasteiger partial charge on any atom is 0.405 e. The minimum Gasteiger partial charge on any atom is -0.364 e. The first-order chi connectivity index (χ1) is 15.2. The van der Waals surface area contributed by atoms with Crippen LogP contribution in [0.25, 0.3) is 11.2 Å². The molecule has 172 valence electrons. The maximum atomic E-state index is 12.5. The summed E-state index contributed by atoms with van der Waals surface area (Å²) in [7, 11) is 0. The summed E-state index contributed by atoms with van der Waals surface area (Å²) < 4.78 is 41.1. The first-order valence-electron chi connectivity index (χ1n) is 10.4. The number of carbonyl (C=O) groups is 1. The molecule has 4 rings (SSSR count). The van der Waals surface area contributed by atoms with E-state index in [-0.39, 0.29) is 17.8 Å². The maximum absolute atomic E-state index is 12.5. The molecule has 32 heavy (non-hydrogen) atoms. The van der Waals surface area contributed by atoms with E-state index < -0.39 is 18.6 Å². The zero-order valence-corrected chi connectivity index (χ0v) is 17.9. The van der Waals surface area contributed by atoms with Crippen molar-refractivity contribution in [2.45, 2.75) is 64.8 Å². The van der Waals surface area contributed by atoms with Crippen LogP contribution in [0.1, 0.15) is 55.4 Å². The molecular formula is C19H24F3N9O. The first-order valence-corrected chi connectivity index (χ1v) is 10.4. The fourth-order valence-corrected chi connectivity index (χ4v) is 3.86. The third kappa shape index (κ3) is 4.23. The van der Waals surface area contributed by atoms with Crippen molar-refractivity contribution in [2.24, 2.45) is 0 Å². The Morgan fingerprint density at radius 3 is 2.75 bits per heavy atom. The Hall–Kier alpha value is -3.25. The standard InChI is InChI=1S/C19H24F3N9O/c1-4-30-16-13(27-17(30)18(32)23-8-19(20,21)22)14(24-9-25-16)26-11-5-6-12-28-29-15(10(2)3)31(12)7-11/h9-11H,4-8H2,1-3H3,(H,23,32)(H,24,25,26). The second-order valence-corrected chi connectivity index (χ2v) is 7.99. The quantitative estimate of drug-likeness (QED) is 0.591. The molecule has 4 heterocycles. The molecule has 0 saturated heterocycles. The summed E-state index contributed by atoms with van der Waals surface area (Å²) in [5.74, 6) is 1.47. The average Bonchev–Trinajstić information content (AvgIpc) is 3.33. The molecule has 1 aliphatic heterocycles. The van der Waals surface area contributed by atoms with Crippen LogP contribution in [0.15, 0.2) is 6.33 Å². The van der Waals surface area contributed by atoms with Crippen LogP contribution in [0.3, 0.4) is 0 Å². The zero-order valence-electron chi connectivity index (χ0n) is 17.9. The highest BCUT2D eigenvalue weighted by molar-refractivity contribution is 5.96. The molecule has 10 nitrogen and oxygen atoms in total. The van der Waals surface area contributed by atoms with E-state index in [1.807, 2.05) is 5.32 Å². The van der Waals surface area contributed by atoms with Crippen molar-refractivity contribution in [3.8, 4) is 0 Å². The van der Waals surface area contributed by atoms with Crippen molar-refractivity contribution in [2.75, 3.05) is 11.9 Å². The fraction of sp³-hybridized carbons (Fsp3) is 0.579. The van der Waals surface area contributed by atoms with E-state index in [1.165, 1.54) is 10.9 Å². The van der Waals surface area contributed by atoms with E-state index in [2.05, 4.69) is 48.9 Å². The number of fused-ring (bicyclic) bond motifs is 2. The number of anilines is 1. The van der Waals surface area contributed by atoms with Crippen molar-refractivity contribution < 1.29 is 18.0 Å². The summed E-state index contributed by atoms with van der Waals surface area (Å²) in [5.41, 5.74) is 0.718. The highest BCUT2D eigenvalue weighted by Crippen LogP contribution is 2.25. The highest BCUT2D eigenvalue weighted by Gasteiger charge is 2.30. The van der Waals surface area contributed by atoms with Gasteiger partial charge >= 0.3 is 6.18 Å². The molecule has 0 aromatic carbocycles. The summed E-state index contributed by atoms with van der Waals surface area (Å²) in [5, 5.41) is 13.8. The van der Waals surface area contributed by atoms with Crippen LogP contribution in [0, 0.1) is 0 Å². The minimum absolute atomic E-state index is 0.0170. The van der Waals surface area contributed by atoms with Crippen molar-refractivity contribution in [3.63, 3.8) is 0 Å². The summed E-state index contributed by atoms with van der Waals surface area (Å²) in [6.45, 7) is 5.41. The number of aryl methyl sites for hydroxylation is 2. The molecule has 3 aromatic heterocycles. The molecular weight excluding hydrogens is 427 g/mol. The summed E-state index contributed by atoms with van der Waals surface area (Å²) in [6.07, 6.45) is -1.61. The Kier molecular flexibility index (Phi) is 5.73. The van der Waals surface area contributed by atoms with Gasteiger partial charge in [0.1, 0.15) is 24.5 Å². The number of carbonyl (C=O) groups excluding carboxylic acids is 1. The number of alkyl halides is 3. The number of imidazole rings is 1. The van der Waals surface area contributed by atoms with Crippen molar-refractivity contribution in [3.05, 3.63) is 23.8 Å². The molecule has 0 spiro atoms. The van der Waals surface area contributed by atoms with E-state index in [4.69, 9.17) is 0 Å². The third-order valence-electron chi connectivity index (χ3n) is 5.33. The van der Waals surface area contributed by atoms with Crippen molar-refractivity contribution >= 4 is 22.9 Å². The van der Waals surface area contributed by atoms with Crippen LogP contribution in [0.4, 0.5) is 19.0 Å². The van der Waals surface area contributed by atoms with Gasteiger partial charge in [0.25, 0.3) is 5.91 Å². The monoisotopic (exact) mass is 451 g/mol. The lowest BCUT2D eigenvalue weighted by atomic mass is 10.1. The average molecular weight is 451 g/mol. The van der Waals surface area contributed by atoms with Gasteiger partial charge in [-0.1, -0.05) is 13.8 Å². The Labute approximate surface area is 181 Å². The molecule has 1 aliphatic rings. The molecule has 0 radical (unpaired) electrons. The van der Waals surface area contributed by atoms with Gasteiger partial charge in [0, 0.05) is 31.5 Å². The Morgan fingerprint density at radius 2 is 2.06 bits per heavy atom. The molecule has 0 fully saturated rings. The van der Waals surface area contributed by atoms with Crippen LogP contribution in [-0.4, -0.2) is 59.0 Å². The van der Waals surface area contributed by atoms with E-state index in [0.717, 1.165) is 24.5 Å². The second-order valence-electron chi connectivity index (χ2n) is 7.99. The van der Waals surface area contributed by atoms with Gasteiger partial charge in [-0.25, -0.2) is 15.0 Å². The van der Waals surface area contributed by atoms with Crippen molar-refractivity contribution in [1.29, 1.82) is 0 Å². The van der Waals surface area contributed by atoms with Crippen LogP contribution in [0.2, 0.25) is 0 Å². The number of hydrogen-bond acceptors (Lipinski definition) is 7. The topological polar surface area (TPSA) is 115 Å². The summed E-state index contributed by atoms with van der Waals surface area (Å²) >= 11 is 0.